The molecule has 3 rings (SSSR count). The van der Waals surface area contributed by atoms with Crippen LogP contribution in [0.2, 0.25) is 0 Å². The van der Waals surface area contributed by atoms with E-state index < -0.39 is 0 Å². The summed E-state index contributed by atoms with van der Waals surface area (Å²) in [5, 5.41) is 3.42. The monoisotopic (exact) mass is 372 g/mol. The van der Waals surface area contributed by atoms with Crippen LogP contribution in [-0.4, -0.2) is 59.5 Å². The summed E-state index contributed by atoms with van der Waals surface area (Å²) in [4.78, 5) is 2.44. The molecule has 0 amide bonds. The van der Waals surface area contributed by atoms with Crippen molar-refractivity contribution in [3.05, 3.63) is 47.5 Å². The van der Waals surface area contributed by atoms with Crippen molar-refractivity contribution in [3.63, 3.8) is 0 Å². The van der Waals surface area contributed by atoms with Crippen LogP contribution in [0.1, 0.15) is 17.2 Å². The van der Waals surface area contributed by atoms with Gasteiger partial charge in [0.1, 0.15) is 23.0 Å². The molecule has 1 N–H and O–H groups in total. The van der Waals surface area contributed by atoms with Crippen molar-refractivity contribution < 1.29 is 18.9 Å². The second-order valence-corrected chi connectivity index (χ2v) is 6.40. The summed E-state index contributed by atoms with van der Waals surface area (Å²) in [5.74, 6) is 3.20. The molecule has 6 heteroatoms. The van der Waals surface area contributed by atoms with Crippen LogP contribution in [0, 0.1) is 0 Å². The van der Waals surface area contributed by atoms with E-state index in [1.165, 1.54) is 0 Å². The predicted molar refractivity (Wildman–Crippen MR) is 105 cm³/mol. The molecule has 0 spiro atoms. The highest BCUT2D eigenvalue weighted by Crippen LogP contribution is 2.41. The van der Waals surface area contributed by atoms with E-state index in [0.29, 0.717) is 0 Å². The Hall–Kier alpha value is -2.44. The fourth-order valence-electron chi connectivity index (χ4n) is 3.60. The highest BCUT2D eigenvalue weighted by atomic mass is 16.5. The number of benzene rings is 2. The summed E-state index contributed by atoms with van der Waals surface area (Å²) >= 11 is 0. The van der Waals surface area contributed by atoms with Crippen LogP contribution >= 0.6 is 0 Å². The highest BCUT2D eigenvalue weighted by molar-refractivity contribution is 5.51. The van der Waals surface area contributed by atoms with Gasteiger partial charge in [-0.2, -0.15) is 0 Å². The van der Waals surface area contributed by atoms with Crippen LogP contribution < -0.4 is 24.3 Å². The number of nitrogens with one attached hydrogen (secondary N) is 1. The molecule has 0 aliphatic carbocycles. The zero-order valence-electron chi connectivity index (χ0n) is 16.5. The number of nitrogens with zero attached hydrogens (tertiary/aromatic N) is 1. The molecule has 2 aromatic rings. The first-order valence-corrected chi connectivity index (χ1v) is 9.10. The number of rotatable bonds is 7. The fourth-order valence-corrected chi connectivity index (χ4v) is 3.60. The third-order valence-corrected chi connectivity index (χ3v) is 4.98. The summed E-state index contributed by atoms with van der Waals surface area (Å²) in [5.41, 5.74) is 2.13. The zero-order chi connectivity index (χ0) is 19.2. The van der Waals surface area contributed by atoms with Crippen LogP contribution in [0.25, 0.3) is 0 Å². The Bertz CT molecular complexity index is 760. The Kier molecular flexibility index (Phi) is 6.42. The Morgan fingerprint density at radius 3 is 2.00 bits per heavy atom. The van der Waals surface area contributed by atoms with Crippen molar-refractivity contribution in [2.24, 2.45) is 0 Å². The van der Waals surface area contributed by atoms with Gasteiger partial charge in [-0.3, -0.25) is 4.90 Å². The van der Waals surface area contributed by atoms with Crippen LogP contribution in [0.5, 0.6) is 23.0 Å². The first-order valence-electron chi connectivity index (χ1n) is 9.10. The van der Waals surface area contributed by atoms with Gasteiger partial charge in [0.2, 0.25) is 0 Å². The van der Waals surface area contributed by atoms with E-state index in [1.807, 2.05) is 24.3 Å². The number of hydrogen-bond donors (Lipinski definition) is 1. The van der Waals surface area contributed by atoms with E-state index in [9.17, 15) is 0 Å². The number of piperazine rings is 1. The Morgan fingerprint density at radius 2 is 1.37 bits per heavy atom. The van der Waals surface area contributed by atoms with E-state index >= 15 is 0 Å². The maximum absolute atomic E-state index is 5.72. The van der Waals surface area contributed by atoms with E-state index in [2.05, 4.69) is 22.3 Å². The predicted octanol–water partition coefficient (Wildman–Crippen LogP) is 2.72. The minimum absolute atomic E-state index is 0.0157. The van der Waals surface area contributed by atoms with E-state index in [4.69, 9.17) is 18.9 Å². The van der Waals surface area contributed by atoms with Crippen molar-refractivity contribution in [2.45, 2.75) is 6.04 Å². The molecule has 1 saturated heterocycles. The molecule has 146 valence electrons. The van der Waals surface area contributed by atoms with Gasteiger partial charge in [-0.1, -0.05) is 0 Å². The molecule has 1 atom stereocenters. The van der Waals surface area contributed by atoms with Crippen molar-refractivity contribution in [2.75, 3.05) is 54.6 Å². The van der Waals surface area contributed by atoms with Crippen LogP contribution in [0.3, 0.4) is 0 Å². The van der Waals surface area contributed by atoms with Gasteiger partial charge >= 0.3 is 0 Å². The smallest absolute Gasteiger partial charge is 0.127 e. The first kappa shape index (κ1) is 19.3. The topological polar surface area (TPSA) is 52.2 Å². The van der Waals surface area contributed by atoms with Gasteiger partial charge in [-0.25, -0.2) is 0 Å². The number of hydrogen-bond acceptors (Lipinski definition) is 6. The number of methoxy groups -OCH3 is 4. The standard InChI is InChI=1S/C21H28N2O4/c1-24-15-6-8-19(26-3)18(13-15)21(23-11-9-22-10-12-23)17-7-5-16(25-2)14-20(17)27-4/h5-8,13-14,21-22H,9-12H2,1-4H3. The molecule has 0 aromatic heterocycles. The average Bonchev–Trinajstić information content (AvgIpc) is 2.74. The van der Waals surface area contributed by atoms with Crippen LogP contribution in [-0.2, 0) is 0 Å². The third kappa shape index (κ3) is 4.12. The summed E-state index contributed by atoms with van der Waals surface area (Å²) in [6.45, 7) is 3.75. The molecule has 1 heterocycles. The fraction of sp³-hybridized carbons (Fsp3) is 0.429. The van der Waals surface area contributed by atoms with Gasteiger partial charge in [-0.15, -0.1) is 0 Å². The maximum Gasteiger partial charge on any atom is 0.127 e. The lowest BCUT2D eigenvalue weighted by molar-refractivity contribution is 0.192. The molecule has 1 aliphatic rings. The van der Waals surface area contributed by atoms with Gasteiger partial charge in [0.05, 0.1) is 34.5 Å². The maximum atomic E-state index is 5.72. The molecule has 1 unspecified atom stereocenters. The second kappa shape index (κ2) is 8.97. The summed E-state index contributed by atoms with van der Waals surface area (Å²) in [6, 6.07) is 11.9. The number of ether oxygens (including phenoxy) is 4. The molecule has 0 bridgehead atoms. The van der Waals surface area contributed by atoms with Crippen molar-refractivity contribution >= 4 is 0 Å². The third-order valence-electron chi connectivity index (χ3n) is 4.98. The van der Waals surface area contributed by atoms with E-state index in [0.717, 1.165) is 60.3 Å². The van der Waals surface area contributed by atoms with Gasteiger partial charge in [0.25, 0.3) is 0 Å². The lowest BCUT2D eigenvalue weighted by atomic mass is 9.94. The van der Waals surface area contributed by atoms with E-state index in [1.54, 1.807) is 28.4 Å². The van der Waals surface area contributed by atoms with Gasteiger partial charge in [-0.05, 0) is 30.3 Å². The van der Waals surface area contributed by atoms with Gasteiger partial charge in [0.15, 0.2) is 0 Å². The van der Waals surface area contributed by atoms with E-state index in [-0.39, 0.29) is 6.04 Å². The lowest BCUT2D eigenvalue weighted by Gasteiger charge is -2.36. The summed E-state index contributed by atoms with van der Waals surface area (Å²) in [7, 11) is 6.73. The molecule has 6 nitrogen and oxygen atoms in total. The molecular weight excluding hydrogens is 344 g/mol. The SMILES string of the molecule is COc1ccc(C(c2cc(OC)ccc2OC)N2CCNCC2)c(OC)c1. The van der Waals surface area contributed by atoms with Gasteiger partial charge in [0, 0.05) is 43.4 Å². The quantitative estimate of drug-likeness (QED) is 0.807. The minimum Gasteiger partial charge on any atom is -0.497 e. The molecule has 27 heavy (non-hydrogen) atoms. The average molecular weight is 372 g/mol. The van der Waals surface area contributed by atoms with Crippen molar-refractivity contribution in [3.8, 4) is 23.0 Å². The van der Waals surface area contributed by atoms with Crippen molar-refractivity contribution in [1.82, 2.24) is 10.2 Å². The summed E-state index contributed by atoms with van der Waals surface area (Å²) < 4.78 is 22.3. The molecule has 0 saturated carbocycles. The molecule has 1 aliphatic heterocycles. The zero-order valence-corrected chi connectivity index (χ0v) is 16.5. The Labute approximate surface area is 161 Å². The summed E-state index contributed by atoms with van der Waals surface area (Å²) in [6.07, 6.45) is 0. The molecular formula is C21H28N2O4. The Balaban J connectivity index is 2.15. The normalized spacial score (nSPS) is 15.9. The van der Waals surface area contributed by atoms with Crippen molar-refractivity contribution in [1.29, 1.82) is 0 Å². The minimum atomic E-state index is -0.0157. The van der Waals surface area contributed by atoms with Gasteiger partial charge < -0.3 is 24.3 Å². The lowest BCUT2D eigenvalue weighted by Crippen LogP contribution is -2.45. The second-order valence-electron chi connectivity index (χ2n) is 6.40. The largest absolute Gasteiger partial charge is 0.497 e. The molecule has 2 aromatic carbocycles. The van der Waals surface area contributed by atoms with Crippen LogP contribution in [0.15, 0.2) is 36.4 Å². The highest BCUT2D eigenvalue weighted by Gasteiger charge is 2.29. The molecule has 1 fully saturated rings. The first-order chi connectivity index (χ1) is 13.2. The Morgan fingerprint density at radius 1 is 0.741 bits per heavy atom. The van der Waals surface area contributed by atoms with Crippen LogP contribution in [0.4, 0.5) is 0 Å². The molecule has 0 radical (unpaired) electrons.